The van der Waals surface area contributed by atoms with Crippen LogP contribution in [0.15, 0.2) is 53.9 Å². The number of carbonyl (C=O) groups excluding carboxylic acids is 1. The third kappa shape index (κ3) is 5.72. The lowest BCUT2D eigenvalue weighted by Crippen LogP contribution is -2.26. The Morgan fingerprint density at radius 2 is 2.17 bits per heavy atom. The second kappa shape index (κ2) is 9.76. The van der Waals surface area contributed by atoms with Crippen molar-refractivity contribution in [2.45, 2.75) is 19.6 Å². The molecule has 0 radical (unpaired) electrons. The quantitative estimate of drug-likeness (QED) is 0.557. The number of aryl methyl sites for hydroxylation is 1. The molecule has 3 aromatic rings. The molecule has 30 heavy (non-hydrogen) atoms. The third-order valence-electron chi connectivity index (χ3n) is 4.03. The summed E-state index contributed by atoms with van der Waals surface area (Å²) in [7, 11) is 0. The molecule has 1 atom stereocenters. The van der Waals surface area contributed by atoms with E-state index in [1.807, 2.05) is 12.3 Å². The van der Waals surface area contributed by atoms with Crippen LogP contribution in [0.1, 0.15) is 27.9 Å². The largest absolute Gasteiger partial charge is 0.487 e. The normalized spacial score (nSPS) is 11.8. The molecule has 3 rings (SSSR count). The van der Waals surface area contributed by atoms with Crippen molar-refractivity contribution in [2.24, 2.45) is 0 Å². The molecule has 0 aliphatic rings. The molecule has 2 aromatic carbocycles. The zero-order chi connectivity index (χ0) is 21.5. The Bertz CT molecular complexity index is 1120. The fourth-order valence-electron chi connectivity index (χ4n) is 2.62. The van der Waals surface area contributed by atoms with Crippen LogP contribution in [0.5, 0.6) is 5.75 Å². The van der Waals surface area contributed by atoms with E-state index < -0.39 is 23.6 Å². The first-order chi connectivity index (χ1) is 14.4. The summed E-state index contributed by atoms with van der Waals surface area (Å²) in [6.07, 6.45) is 2.78. The highest BCUT2D eigenvalue weighted by Gasteiger charge is 2.17. The first-order valence-electron chi connectivity index (χ1n) is 8.91. The fraction of sp³-hybridized carbons (Fsp3) is 0.136. The lowest BCUT2D eigenvalue weighted by Gasteiger charge is -2.11. The molecule has 5 nitrogen and oxygen atoms in total. The summed E-state index contributed by atoms with van der Waals surface area (Å²) in [5, 5.41) is 14.5. The van der Waals surface area contributed by atoms with Crippen LogP contribution in [-0.4, -0.2) is 10.9 Å². The van der Waals surface area contributed by atoms with E-state index in [1.54, 1.807) is 47.7 Å². The van der Waals surface area contributed by atoms with E-state index in [0.717, 1.165) is 22.8 Å². The van der Waals surface area contributed by atoms with Crippen molar-refractivity contribution >= 4 is 23.3 Å². The van der Waals surface area contributed by atoms with Crippen LogP contribution >= 0.6 is 11.3 Å². The van der Waals surface area contributed by atoms with Gasteiger partial charge in [0.05, 0.1) is 16.8 Å². The molecule has 0 fully saturated rings. The second-order valence-corrected chi connectivity index (χ2v) is 7.35. The van der Waals surface area contributed by atoms with Gasteiger partial charge in [0.25, 0.3) is 0 Å². The topological polar surface area (TPSA) is 75.0 Å². The van der Waals surface area contributed by atoms with Crippen molar-refractivity contribution in [3.63, 3.8) is 0 Å². The van der Waals surface area contributed by atoms with Gasteiger partial charge >= 0.3 is 0 Å². The molecule has 1 N–H and O–H groups in total. The van der Waals surface area contributed by atoms with Crippen molar-refractivity contribution in [1.82, 2.24) is 10.3 Å². The Kier molecular flexibility index (Phi) is 6.88. The molecule has 1 unspecified atom stereocenters. The first-order valence-corrected chi connectivity index (χ1v) is 9.79. The number of carbonyl (C=O) groups is 1. The number of nitrogens with one attached hydrogen (secondary N) is 1. The highest BCUT2D eigenvalue weighted by Crippen LogP contribution is 2.19. The number of halogens is 2. The van der Waals surface area contributed by atoms with Crippen molar-refractivity contribution in [3.8, 4) is 11.8 Å². The van der Waals surface area contributed by atoms with Gasteiger partial charge in [0.15, 0.2) is 0 Å². The average molecular weight is 425 g/mol. The minimum atomic E-state index is -1.24. The van der Waals surface area contributed by atoms with Gasteiger partial charge in [-0.05, 0) is 36.8 Å². The van der Waals surface area contributed by atoms with Crippen LogP contribution in [0.4, 0.5) is 8.78 Å². The molecule has 0 saturated heterocycles. The predicted octanol–water partition coefficient (Wildman–Crippen LogP) is 4.70. The molecule has 0 spiro atoms. The minimum absolute atomic E-state index is 0.103. The Morgan fingerprint density at radius 1 is 1.33 bits per heavy atom. The fourth-order valence-corrected chi connectivity index (χ4v) is 3.21. The second-order valence-electron chi connectivity index (χ2n) is 6.29. The highest BCUT2D eigenvalue weighted by atomic mass is 32.1. The van der Waals surface area contributed by atoms with E-state index in [9.17, 15) is 18.8 Å². The van der Waals surface area contributed by atoms with Gasteiger partial charge in [-0.1, -0.05) is 18.2 Å². The SMILES string of the molecule is Cc1nc(COc2cccc(/C=C/C(=O)NC(C#N)c3ccc(F)cc3F)c2)cs1. The van der Waals surface area contributed by atoms with E-state index >= 15 is 0 Å². The number of hydrogen-bond donors (Lipinski definition) is 1. The minimum Gasteiger partial charge on any atom is -0.487 e. The Labute approximate surface area is 176 Å². The lowest BCUT2D eigenvalue weighted by atomic mass is 10.1. The molecular weight excluding hydrogens is 408 g/mol. The number of hydrogen-bond acceptors (Lipinski definition) is 5. The first kappa shape index (κ1) is 21.1. The molecular formula is C22H17F2N3O2S. The zero-order valence-electron chi connectivity index (χ0n) is 15.9. The molecule has 0 aliphatic carbocycles. The number of thiazole rings is 1. The maximum Gasteiger partial charge on any atom is 0.245 e. The van der Waals surface area contributed by atoms with Gasteiger partial charge in [-0.2, -0.15) is 5.26 Å². The summed E-state index contributed by atoms with van der Waals surface area (Å²) < 4.78 is 32.6. The molecule has 8 heteroatoms. The van der Waals surface area contributed by atoms with Gasteiger partial charge in [0.2, 0.25) is 5.91 Å². The average Bonchev–Trinajstić information content (AvgIpc) is 3.15. The van der Waals surface area contributed by atoms with E-state index in [0.29, 0.717) is 24.0 Å². The maximum absolute atomic E-state index is 13.9. The standard InChI is InChI=1S/C22H17F2N3O2S/c1-14-26-17(13-30-14)12-29-18-4-2-3-15(9-18)5-8-22(28)27-21(11-25)19-7-6-16(23)10-20(19)24/h2-10,13,21H,12H2,1H3,(H,27,28)/b8-5+. The Morgan fingerprint density at radius 3 is 2.87 bits per heavy atom. The number of rotatable bonds is 7. The van der Waals surface area contributed by atoms with E-state index in [4.69, 9.17) is 4.74 Å². The summed E-state index contributed by atoms with van der Waals surface area (Å²) >= 11 is 1.55. The highest BCUT2D eigenvalue weighted by molar-refractivity contribution is 7.09. The number of amides is 1. The molecule has 0 saturated carbocycles. The lowest BCUT2D eigenvalue weighted by molar-refractivity contribution is -0.116. The van der Waals surface area contributed by atoms with Crippen molar-refractivity contribution < 1.29 is 18.3 Å². The number of benzene rings is 2. The smallest absolute Gasteiger partial charge is 0.245 e. The zero-order valence-corrected chi connectivity index (χ0v) is 16.7. The van der Waals surface area contributed by atoms with E-state index in [1.165, 1.54) is 6.08 Å². The predicted molar refractivity (Wildman–Crippen MR) is 110 cm³/mol. The van der Waals surface area contributed by atoms with Crippen LogP contribution in [0.3, 0.4) is 0 Å². The van der Waals surface area contributed by atoms with Crippen molar-refractivity contribution in [2.75, 3.05) is 0 Å². The van der Waals surface area contributed by atoms with Crippen molar-refractivity contribution in [3.05, 3.63) is 87.4 Å². The van der Waals surface area contributed by atoms with Gasteiger partial charge in [0.1, 0.15) is 30.0 Å². The summed E-state index contributed by atoms with van der Waals surface area (Å²) in [5.41, 5.74) is 1.44. The molecule has 0 bridgehead atoms. The van der Waals surface area contributed by atoms with E-state index in [-0.39, 0.29) is 5.56 Å². The van der Waals surface area contributed by atoms with Crippen LogP contribution in [-0.2, 0) is 11.4 Å². The van der Waals surface area contributed by atoms with Crippen molar-refractivity contribution in [1.29, 1.82) is 5.26 Å². The number of nitrogens with zero attached hydrogens (tertiary/aromatic N) is 2. The Hall–Kier alpha value is -3.57. The summed E-state index contributed by atoms with van der Waals surface area (Å²) in [5.74, 6) is -1.63. The van der Waals surface area contributed by atoms with Crippen LogP contribution in [0.2, 0.25) is 0 Å². The molecule has 1 heterocycles. The summed E-state index contributed by atoms with van der Waals surface area (Å²) in [4.78, 5) is 16.5. The van der Waals surface area contributed by atoms with Gasteiger partial charge in [-0.3, -0.25) is 4.79 Å². The molecule has 1 amide bonds. The van der Waals surface area contributed by atoms with E-state index in [2.05, 4.69) is 10.3 Å². The summed E-state index contributed by atoms with van der Waals surface area (Å²) in [6.45, 7) is 2.26. The monoisotopic (exact) mass is 425 g/mol. The molecule has 152 valence electrons. The molecule has 0 aliphatic heterocycles. The molecule has 1 aromatic heterocycles. The summed E-state index contributed by atoms with van der Waals surface area (Å²) in [6, 6.07) is 10.5. The van der Waals surface area contributed by atoms with Gasteiger partial charge in [-0.15, -0.1) is 11.3 Å². The Balaban J connectivity index is 1.61. The van der Waals surface area contributed by atoms with Gasteiger partial charge in [0, 0.05) is 23.1 Å². The van der Waals surface area contributed by atoms with Crippen LogP contribution < -0.4 is 10.1 Å². The van der Waals surface area contributed by atoms with Crippen LogP contribution in [0.25, 0.3) is 6.08 Å². The number of nitriles is 1. The number of ether oxygens (including phenoxy) is 1. The van der Waals surface area contributed by atoms with Gasteiger partial charge in [-0.25, -0.2) is 13.8 Å². The maximum atomic E-state index is 13.9. The third-order valence-corrected chi connectivity index (χ3v) is 4.85. The number of aromatic nitrogens is 1. The van der Waals surface area contributed by atoms with Crippen LogP contribution in [0, 0.1) is 29.9 Å². The van der Waals surface area contributed by atoms with Gasteiger partial charge < -0.3 is 10.1 Å².